The molecule has 0 heterocycles. The molecule has 1 aliphatic carbocycles. The molecule has 1 saturated carbocycles. The Morgan fingerprint density at radius 1 is 1.33 bits per heavy atom. The summed E-state index contributed by atoms with van der Waals surface area (Å²) in [5.41, 5.74) is 0.985. The molecule has 0 bridgehead atoms. The Balaban J connectivity index is 2.00. The lowest BCUT2D eigenvalue weighted by Gasteiger charge is -2.18. The van der Waals surface area contributed by atoms with Crippen LogP contribution in [0.3, 0.4) is 0 Å². The van der Waals surface area contributed by atoms with Crippen LogP contribution in [0.1, 0.15) is 31.7 Å². The summed E-state index contributed by atoms with van der Waals surface area (Å²) in [4.78, 5) is 11.7. The van der Waals surface area contributed by atoms with Crippen LogP contribution in [0.25, 0.3) is 0 Å². The van der Waals surface area contributed by atoms with Gasteiger partial charge in [-0.2, -0.15) is 0 Å². The zero-order valence-corrected chi connectivity index (χ0v) is 11.0. The van der Waals surface area contributed by atoms with Crippen molar-refractivity contribution < 1.29 is 9.53 Å². The fraction of sp³-hybridized carbons (Fsp3) is 0.500. The highest BCUT2D eigenvalue weighted by atomic mass is 16.5. The third-order valence-electron chi connectivity index (χ3n) is 3.28. The smallest absolute Gasteiger partial charge is 0.315 e. The van der Waals surface area contributed by atoms with Gasteiger partial charge in [-0.1, -0.05) is 19.1 Å². The molecular weight excluding hydrogens is 228 g/mol. The number of urea groups is 1. The molecule has 2 rings (SSSR count). The number of carbonyl (C=O) groups excluding carboxylic acids is 1. The molecule has 0 atom stereocenters. The molecule has 0 unspecified atom stereocenters. The molecule has 0 radical (unpaired) electrons. The maximum Gasteiger partial charge on any atom is 0.315 e. The number of amides is 2. The Bertz CT molecular complexity index is 410. The predicted octanol–water partition coefficient (Wildman–Crippen LogP) is 2.39. The molecule has 1 aromatic carbocycles. The van der Waals surface area contributed by atoms with Gasteiger partial charge < -0.3 is 15.4 Å². The van der Waals surface area contributed by atoms with E-state index in [-0.39, 0.29) is 11.6 Å². The highest BCUT2D eigenvalue weighted by molar-refractivity contribution is 5.75. The van der Waals surface area contributed by atoms with Gasteiger partial charge in [-0.25, -0.2) is 4.79 Å². The topological polar surface area (TPSA) is 50.4 Å². The molecule has 1 fully saturated rings. The number of rotatable bonds is 5. The number of methoxy groups -OCH3 is 1. The Labute approximate surface area is 108 Å². The lowest BCUT2D eigenvalue weighted by molar-refractivity contribution is 0.236. The van der Waals surface area contributed by atoms with Gasteiger partial charge >= 0.3 is 6.03 Å². The first-order valence-electron chi connectivity index (χ1n) is 6.41. The number of carbonyl (C=O) groups is 1. The second kappa shape index (κ2) is 5.29. The first-order valence-corrected chi connectivity index (χ1v) is 6.41. The van der Waals surface area contributed by atoms with Gasteiger partial charge in [0.1, 0.15) is 5.75 Å². The Morgan fingerprint density at radius 3 is 2.50 bits per heavy atom. The van der Waals surface area contributed by atoms with Gasteiger partial charge in [0.05, 0.1) is 12.6 Å². The van der Waals surface area contributed by atoms with Gasteiger partial charge in [0.25, 0.3) is 0 Å². The molecule has 1 aromatic rings. The van der Waals surface area contributed by atoms with Gasteiger partial charge in [0.2, 0.25) is 0 Å². The lowest BCUT2D eigenvalue weighted by atomic mass is 10.1. The molecule has 0 aromatic heterocycles. The first kappa shape index (κ1) is 12.7. The average molecular weight is 248 g/mol. The van der Waals surface area contributed by atoms with E-state index in [4.69, 9.17) is 4.74 Å². The molecule has 98 valence electrons. The van der Waals surface area contributed by atoms with E-state index in [0.29, 0.717) is 6.54 Å². The maximum absolute atomic E-state index is 11.7. The van der Waals surface area contributed by atoms with Gasteiger partial charge in [-0.3, -0.25) is 0 Å². The summed E-state index contributed by atoms with van der Waals surface area (Å²) < 4.78 is 5.14. The van der Waals surface area contributed by atoms with Crippen LogP contribution >= 0.6 is 0 Å². The highest BCUT2D eigenvalue weighted by Crippen LogP contribution is 2.45. The highest BCUT2D eigenvalue weighted by Gasteiger charge is 2.45. The Hall–Kier alpha value is -1.71. The van der Waals surface area contributed by atoms with Crippen LogP contribution < -0.4 is 15.4 Å². The monoisotopic (exact) mass is 248 g/mol. The quantitative estimate of drug-likeness (QED) is 0.840. The molecule has 4 nitrogen and oxygen atoms in total. The zero-order chi connectivity index (χ0) is 13.0. The van der Waals surface area contributed by atoms with E-state index in [2.05, 4.69) is 10.6 Å². The fourth-order valence-electron chi connectivity index (χ4n) is 2.02. The van der Waals surface area contributed by atoms with Crippen molar-refractivity contribution in [3.63, 3.8) is 0 Å². The summed E-state index contributed by atoms with van der Waals surface area (Å²) in [5, 5.41) is 5.91. The maximum atomic E-state index is 11.7. The SMILES string of the molecule is CCCNC(=O)NC1(c2ccc(OC)cc2)CC1. The molecule has 2 N–H and O–H groups in total. The Morgan fingerprint density at radius 2 is 2.00 bits per heavy atom. The van der Waals surface area contributed by atoms with Crippen LogP contribution in [0.4, 0.5) is 4.79 Å². The molecule has 0 aliphatic heterocycles. The van der Waals surface area contributed by atoms with E-state index in [1.165, 1.54) is 0 Å². The third kappa shape index (κ3) is 2.75. The van der Waals surface area contributed by atoms with Crippen molar-refractivity contribution >= 4 is 6.03 Å². The largest absolute Gasteiger partial charge is 0.497 e. The minimum Gasteiger partial charge on any atom is -0.497 e. The van der Waals surface area contributed by atoms with Crippen molar-refractivity contribution in [2.24, 2.45) is 0 Å². The van der Waals surface area contributed by atoms with E-state index in [9.17, 15) is 4.79 Å². The second-order valence-corrected chi connectivity index (χ2v) is 4.69. The van der Waals surface area contributed by atoms with Gasteiger partial charge in [0.15, 0.2) is 0 Å². The van der Waals surface area contributed by atoms with Crippen LogP contribution in [-0.2, 0) is 5.54 Å². The normalized spacial score (nSPS) is 15.9. The summed E-state index contributed by atoms with van der Waals surface area (Å²) in [5.74, 6) is 0.838. The predicted molar refractivity (Wildman–Crippen MR) is 70.7 cm³/mol. The van der Waals surface area contributed by atoms with E-state index in [0.717, 1.165) is 30.6 Å². The molecule has 4 heteroatoms. The van der Waals surface area contributed by atoms with Gasteiger partial charge in [-0.15, -0.1) is 0 Å². The van der Waals surface area contributed by atoms with Crippen molar-refractivity contribution in [3.05, 3.63) is 29.8 Å². The van der Waals surface area contributed by atoms with Crippen LogP contribution in [0.15, 0.2) is 24.3 Å². The fourth-order valence-corrected chi connectivity index (χ4v) is 2.02. The molecule has 1 aliphatic rings. The van der Waals surface area contributed by atoms with Crippen molar-refractivity contribution in [2.75, 3.05) is 13.7 Å². The molecule has 0 saturated heterocycles. The van der Waals surface area contributed by atoms with Crippen LogP contribution in [0.5, 0.6) is 5.75 Å². The van der Waals surface area contributed by atoms with Crippen molar-refractivity contribution in [3.8, 4) is 5.75 Å². The summed E-state index contributed by atoms with van der Waals surface area (Å²) in [6.07, 6.45) is 2.95. The van der Waals surface area contributed by atoms with Crippen molar-refractivity contribution in [1.82, 2.24) is 10.6 Å². The van der Waals surface area contributed by atoms with E-state index < -0.39 is 0 Å². The van der Waals surface area contributed by atoms with Crippen LogP contribution in [0.2, 0.25) is 0 Å². The standard InChI is InChI=1S/C14H20N2O2/c1-3-10-15-13(17)16-14(8-9-14)11-4-6-12(18-2)7-5-11/h4-7H,3,8-10H2,1-2H3,(H2,15,16,17). The van der Waals surface area contributed by atoms with E-state index in [1.54, 1.807) is 7.11 Å². The second-order valence-electron chi connectivity index (χ2n) is 4.69. The molecule has 2 amide bonds. The molecule has 0 spiro atoms. The number of nitrogens with one attached hydrogen (secondary N) is 2. The molecular formula is C14H20N2O2. The lowest BCUT2D eigenvalue weighted by Crippen LogP contribution is -2.42. The minimum absolute atomic E-state index is 0.0785. The Kier molecular flexibility index (Phi) is 3.75. The summed E-state index contributed by atoms with van der Waals surface area (Å²) in [6.45, 7) is 2.75. The summed E-state index contributed by atoms with van der Waals surface area (Å²) in [7, 11) is 1.65. The minimum atomic E-state index is -0.163. The average Bonchev–Trinajstić information content (AvgIpc) is 3.17. The van der Waals surface area contributed by atoms with E-state index >= 15 is 0 Å². The summed E-state index contributed by atoms with van der Waals surface area (Å²) >= 11 is 0. The molecule has 18 heavy (non-hydrogen) atoms. The van der Waals surface area contributed by atoms with E-state index in [1.807, 2.05) is 31.2 Å². The number of ether oxygens (including phenoxy) is 1. The van der Waals surface area contributed by atoms with Gasteiger partial charge in [0, 0.05) is 6.54 Å². The third-order valence-corrected chi connectivity index (χ3v) is 3.28. The number of hydrogen-bond acceptors (Lipinski definition) is 2. The van der Waals surface area contributed by atoms with Crippen molar-refractivity contribution in [2.45, 2.75) is 31.7 Å². The number of benzene rings is 1. The van der Waals surface area contributed by atoms with Gasteiger partial charge in [-0.05, 0) is 37.0 Å². The van der Waals surface area contributed by atoms with Crippen LogP contribution in [0, 0.1) is 0 Å². The number of hydrogen-bond donors (Lipinski definition) is 2. The zero-order valence-electron chi connectivity index (χ0n) is 11.0. The summed E-state index contributed by atoms with van der Waals surface area (Å²) in [6, 6.07) is 7.82. The van der Waals surface area contributed by atoms with Crippen molar-refractivity contribution in [1.29, 1.82) is 0 Å². The van der Waals surface area contributed by atoms with Crippen LogP contribution in [-0.4, -0.2) is 19.7 Å². The first-order chi connectivity index (χ1) is 8.70.